The van der Waals surface area contributed by atoms with Crippen LogP contribution in [0.2, 0.25) is 5.02 Å². The molecule has 0 aliphatic heterocycles. The van der Waals surface area contributed by atoms with Gasteiger partial charge in [0.1, 0.15) is 0 Å². The first-order valence-corrected chi connectivity index (χ1v) is 7.57. The lowest BCUT2D eigenvalue weighted by molar-refractivity contribution is -0.143. The zero-order valence-electron chi connectivity index (χ0n) is 10.6. The predicted octanol–water partition coefficient (Wildman–Crippen LogP) is 2.60. The van der Waals surface area contributed by atoms with Crippen LogP contribution < -0.4 is 0 Å². The molecule has 0 saturated heterocycles. The Hall–Kier alpha value is -1.20. The Balaban J connectivity index is 2.54. The van der Waals surface area contributed by atoms with E-state index in [1.165, 1.54) is 6.07 Å². The Morgan fingerprint density at radius 1 is 1.47 bits per heavy atom. The lowest BCUT2D eigenvalue weighted by atomic mass is 10.2. The SMILES string of the molecule is CCOC(=O)CCCS(=O)c1ccc(Cl)c(C=O)c1. The summed E-state index contributed by atoms with van der Waals surface area (Å²) in [6, 6.07) is 4.68. The molecule has 4 nitrogen and oxygen atoms in total. The zero-order valence-corrected chi connectivity index (χ0v) is 12.1. The summed E-state index contributed by atoms with van der Waals surface area (Å²) in [7, 11) is -1.25. The molecular weight excluding hydrogens is 288 g/mol. The molecule has 0 bridgehead atoms. The second-order valence-corrected chi connectivity index (χ2v) is 5.74. The van der Waals surface area contributed by atoms with E-state index in [0.717, 1.165) is 0 Å². The number of carbonyl (C=O) groups is 2. The van der Waals surface area contributed by atoms with E-state index in [9.17, 15) is 13.8 Å². The van der Waals surface area contributed by atoms with Gasteiger partial charge in [0.05, 0.1) is 22.4 Å². The lowest BCUT2D eigenvalue weighted by Gasteiger charge is -2.04. The van der Waals surface area contributed by atoms with E-state index in [4.69, 9.17) is 16.3 Å². The average Bonchev–Trinajstić information content (AvgIpc) is 2.39. The standard InChI is InChI=1S/C13H15ClO4S/c1-2-18-13(16)4-3-7-19(17)11-5-6-12(14)10(8-11)9-15/h5-6,8-9H,2-4,7H2,1H3. The van der Waals surface area contributed by atoms with Gasteiger partial charge in [-0.05, 0) is 31.5 Å². The van der Waals surface area contributed by atoms with Crippen molar-refractivity contribution >= 4 is 34.7 Å². The fourth-order valence-corrected chi connectivity index (χ4v) is 2.73. The Morgan fingerprint density at radius 3 is 2.84 bits per heavy atom. The Kier molecular flexibility index (Phi) is 6.73. The first-order valence-electron chi connectivity index (χ1n) is 5.87. The smallest absolute Gasteiger partial charge is 0.305 e. The van der Waals surface area contributed by atoms with Gasteiger partial charge in [-0.15, -0.1) is 0 Å². The maximum Gasteiger partial charge on any atom is 0.305 e. The molecular formula is C13H15ClO4S. The van der Waals surface area contributed by atoms with Crippen molar-refractivity contribution in [3.63, 3.8) is 0 Å². The van der Waals surface area contributed by atoms with Gasteiger partial charge in [0, 0.05) is 22.6 Å². The van der Waals surface area contributed by atoms with Crippen molar-refractivity contribution in [2.75, 3.05) is 12.4 Å². The molecule has 0 amide bonds. The molecule has 0 aliphatic rings. The minimum atomic E-state index is -1.25. The van der Waals surface area contributed by atoms with Gasteiger partial charge in [-0.2, -0.15) is 0 Å². The highest BCUT2D eigenvalue weighted by Crippen LogP contribution is 2.18. The summed E-state index contributed by atoms with van der Waals surface area (Å²) in [5, 5.41) is 0.335. The fraction of sp³-hybridized carbons (Fsp3) is 0.385. The molecule has 0 N–H and O–H groups in total. The highest BCUT2D eigenvalue weighted by Gasteiger charge is 2.09. The Morgan fingerprint density at radius 2 is 2.21 bits per heavy atom. The quantitative estimate of drug-likeness (QED) is 0.574. The van der Waals surface area contributed by atoms with E-state index in [2.05, 4.69) is 0 Å². The van der Waals surface area contributed by atoms with Crippen molar-refractivity contribution in [3.8, 4) is 0 Å². The van der Waals surface area contributed by atoms with Crippen molar-refractivity contribution < 1.29 is 18.5 Å². The van der Waals surface area contributed by atoms with Gasteiger partial charge < -0.3 is 4.74 Å². The van der Waals surface area contributed by atoms with Gasteiger partial charge in [0.15, 0.2) is 6.29 Å². The van der Waals surface area contributed by atoms with Gasteiger partial charge in [0.25, 0.3) is 0 Å². The Bertz CT molecular complexity index is 488. The summed E-state index contributed by atoms with van der Waals surface area (Å²) < 4.78 is 16.7. The van der Waals surface area contributed by atoms with Crippen LogP contribution in [-0.4, -0.2) is 28.8 Å². The van der Waals surface area contributed by atoms with Gasteiger partial charge in [-0.3, -0.25) is 13.8 Å². The number of rotatable bonds is 7. The average molecular weight is 303 g/mol. The zero-order chi connectivity index (χ0) is 14.3. The van der Waals surface area contributed by atoms with E-state index in [1.807, 2.05) is 0 Å². The van der Waals surface area contributed by atoms with E-state index in [0.29, 0.717) is 40.5 Å². The highest BCUT2D eigenvalue weighted by molar-refractivity contribution is 7.85. The summed E-state index contributed by atoms with van der Waals surface area (Å²) in [6.45, 7) is 2.09. The monoisotopic (exact) mass is 302 g/mol. The molecule has 1 aromatic carbocycles. The van der Waals surface area contributed by atoms with Crippen LogP contribution in [0.15, 0.2) is 23.1 Å². The largest absolute Gasteiger partial charge is 0.466 e. The van der Waals surface area contributed by atoms with E-state index < -0.39 is 10.8 Å². The fourth-order valence-electron chi connectivity index (χ4n) is 1.45. The van der Waals surface area contributed by atoms with Crippen LogP contribution in [0, 0.1) is 0 Å². The van der Waals surface area contributed by atoms with Crippen molar-refractivity contribution in [1.29, 1.82) is 0 Å². The van der Waals surface area contributed by atoms with Crippen molar-refractivity contribution in [1.82, 2.24) is 0 Å². The van der Waals surface area contributed by atoms with Crippen LogP contribution in [0.1, 0.15) is 30.1 Å². The van der Waals surface area contributed by atoms with Crippen LogP contribution >= 0.6 is 11.6 Å². The predicted molar refractivity (Wildman–Crippen MR) is 74.0 cm³/mol. The van der Waals surface area contributed by atoms with Gasteiger partial charge in [-0.25, -0.2) is 0 Å². The number of carbonyl (C=O) groups excluding carboxylic acids is 2. The molecule has 19 heavy (non-hydrogen) atoms. The van der Waals surface area contributed by atoms with Crippen LogP contribution in [0.4, 0.5) is 0 Å². The molecule has 0 aromatic heterocycles. The molecule has 104 valence electrons. The van der Waals surface area contributed by atoms with Gasteiger partial charge >= 0.3 is 5.97 Å². The topological polar surface area (TPSA) is 60.4 Å². The van der Waals surface area contributed by atoms with Crippen LogP contribution in [0.3, 0.4) is 0 Å². The molecule has 0 spiro atoms. The first-order chi connectivity index (χ1) is 9.08. The minimum absolute atomic E-state index is 0.244. The number of aldehydes is 1. The number of hydrogen-bond donors (Lipinski definition) is 0. The van der Waals surface area contributed by atoms with Gasteiger partial charge in [0.2, 0.25) is 0 Å². The molecule has 0 aliphatic carbocycles. The summed E-state index contributed by atoms with van der Waals surface area (Å²) >= 11 is 5.79. The Labute approximate surface area is 119 Å². The highest BCUT2D eigenvalue weighted by atomic mass is 35.5. The summed E-state index contributed by atoms with van der Waals surface area (Å²) in [5.41, 5.74) is 0.318. The van der Waals surface area contributed by atoms with Crippen LogP contribution in [-0.2, 0) is 20.3 Å². The maximum absolute atomic E-state index is 12.0. The molecule has 0 saturated carbocycles. The minimum Gasteiger partial charge on any atom is -0.466 e. The number of ether oxygens (including phenoxy) is 1. The summed E-state index contributed by atoms with van der Waals surface area (Å²) in [4.78, 5) is 22.4. The molecule has 1 aromatic rings. The molecule has 1 rings (SSSR count). The van der Waals surface area contributed by atoms with E-state index >= 15 is 0 Å². The normalized spacial score (nSPS) is 11.9. The summed E-state index contributed by atoms with van der Waals surface area (Å²) in [6.07, 6.45) is 1.35. The molecule has 1 atom stereocenters. The second kappa shape index (κ2) is 8.07. The van der Waals surface area contributed by atoms with E-state index in [-0.39, 0.29) is 12.4 Å². The molecule has 1 unspecified atom stereocenters. The third kappa shape index (κ3) is 5.12. The molecule has 6 heteroatoms. The third-order valence-electron chi connectivity index (χ3n) is 2.37. The first kappa shape index (κ1) is 15.9. The number of esters is 1. The molecule has 0 fully saturated rings. The van der Waals surface area contributed by atoms with Gasteiger partial charge in [-0.1, -0.05) is 11.6 Å². The van der Waals surface area contributed by atoms with E-state index in [1.54, 1.807) is 19.1 Å². The molecule has 0 radical (unpaired) electrons. The van der Waals surface area contributed by atoms with Crippen LogP contribution in [0.25, 0.3) is 0 Å². The number of hydrogen-bond acceptors (Lipinski definition) is 4. The van der Waals surface area contributed by atoms with Crippen molar-refractivity contribution in [3.05, 3.63) is 28.8 Å². The van der Waals surface area contributed by atoms with Crippen LogP contribution in [0.5, 0.6) is 0 Å². The summed E-state index contributed by atoms with van der Waals surface area (Å²) in [5.74, 6) is 0.0582. The number of benzene rings is 1. The number of halogens is 1. The second-order valence-electron chi connectivity index (χ2n) is 3.76. The lowest BCUT2D eigenvalue weighted by Crippen LogP contribution is -2.06. The van der Waals surface area contributed by atoms with Crippen molar-refractivity contribution in [2.24, 2.45) is 0 Å². The molecule has 0 heterocycles. The van der Waals surface area contributed by atoms with Crippen molar-refractivity contribution in [2.45, 2.75) is 24.7 Å². The third-order valence-corrected chi connectivity index (χ3v) is 4.16. The maximum atomic E-state index is 12.0.